The van der Waals surface area contributed by atoms with Gasteiger partial charge in [0.15, 0.2) is 0 Å². The second-order valence-electron chi connectivity index (χ2n) is 4.68. The van der Waals surface area contributed by atoms with Gasteiger partial charge in [-0.3, -0.25) is 9.78 Å². The maximum Gasteiger partial charge on any atom is 0.226 e. The van der Waals surface area contributed by atoms with Crippen molar-refractivity contribution < 1.29 is 9.53 Å². The van der Waals surface area contributed by atoms with Gasteiger partial charge in [0.2, 0.25) is 5.91 Å². The molecule has 0 fully saturated rings. The van der Waals surface area contributed by atoms with Crippen molar-refractivity contribution in [3.63, 3.8) is 0 Å². The standard InChI is InChI=1S/C15H19N3O2S/c1-3-6-16-14(19)7-12-10-21-15(18-12)9-20-13-5-4-11(2)17-8-13/h4-5,8,10H,3,6-7,9H2,1-2H3,(H,16,19). The molecule has 2 heterocycles. The molecule has 2 rings (SSSR count). The maximum atomic E-state index is 11.6. The van der Waals surface area contributed by atoms with Crippen molar-refractivity contribution in [1.29, 1.82) is 0 Å². The zero-order valence-electron chi connectivity index (χ0n) is 12.3. The second-order valence-corrected chi connectivity index (χ2v) is 5.63. The van der Waals surface area contributed by atoms with E-state index in [0.717, 1.165) is 28.6 Å². The quantitative estimate of drug-likeness (QED) is 0.853. The maximum absolute atomic E-state index is 11.6. The zero-order chi connectivity index (χ0) is 15.1. The van der Waals surface area contributed by atoms with E-state index in [1.807, 2.05) is 31.4 Å². The fourth-order valence-electron chi connectivity index (χ4n) is 1.67. The number of pyridine rings is 1. The molecule has 6 heteroatoms. The molecule has 0 unspecified atom stereocenters. The third kappa shape index (κ3) is 5.15. The van der Waals surface area contributed by atoms with Crippen LogP contribution in [0.3, 0.4) is 0 Å². The molecular weight excluding hydrogens is 286 g/mol. The molecule has 0 saturated heterocycles. The molecule has 0 aliphatic carbocycles. The SMILES string of the molecule is CCCNC(=O)Cc1csc(COc2ccc(C)nc2)n1. The molecule has 112 valence electrons. The molecule has 21 heavy (non-hydrogen) atoms. The number of hydrogen-bond acceptors (Lipinski definition) is 5. The first-order valence-electron chi connectivity index (χ1n) is 6.93. The summed E-state index contributed by atoms with van der Waals surface area (Å²) in [6.45, 7) is 5.06. The Balaban J connectivity index is 1.82. The normalized spacial score (nSPS) is 10.4. The van der Waals surface area contributed by atoms with Crippen LogP contribution in [0.4, 0.5) is 0 Å². The number of ether oxygens (including phenoxy) is 1. The van der Waals surface area contributed by atoms with Gasteiger partial charge in [0.05, 0.1) is 18.3 Å². The molecule has 0 aromatic carbocycles. The highest BCUT2D eigenvalue weighted by molar-refractivity contribution is 7.09. The van der Waals surface area contributed by atoms with Gasteiger partial charge < -0.3 is 10.1 Å². The lowest BCUT2D eigenvalue weighted by Gasteiger charge is -2.03. The molecule has 0 saturated carbocycles. The molecule has 1 N–H and O–H groups in total. The molecule has 0 radical (unpaired) electrons. The minimum Gasteiger partial charge on any atom is -0.485 e. The Bertz CT molecular complexity index is 581. The summed E-state index contributed by atoms with van der Waals surface area (Å²) in [6, 6.07) is 3.79. The highest BCUT2D eigenvalue weighted by Crippen LogP contribution is 2.15. The van der Waals surface area contributed by atoms with E-state index >= 15 is 0 Å². The molecule has 5 nitrogen and oxygen atoms in total. The molecule has 0 aliphatic rings. The second kappa shape index (κ2) is 7.73. The number of rotatable bonds is 7. The minimum atomic E-state index is 0.0114. The van der Waals surface area contributed by atoms with E-state index in [1.54, 1.807) is 6.20 Å². The van der Waals surface area contributed by atoms with Gasteiger partial charge in [-0.05, 0) is 25.5 Å². The Labute approximate surface area is 128 Å². The van der Waals surface area contributed by atoms with Crippen LogP contribution in [0.5, 0.6) is 5.75 Å². The van der Waals surface area contributed by atoms with Gasteiger partial charge in [0.25, 0.3) is 0 Å². The topological polar surface area (TPSA) is 64.1 Å². The van der Waals surface area contributed by atoms with Gasteiger partial charge in [-0.2, -0.15) is 0 Å². The summed E-state index contributed by atoms with van der Waals surface area (Å²) in [5.74, 6) is 0.732. The van der Waals surface area contributed by atoms with E-state index in [0.29, 0.717) is 19.6 Å². The van der Waals surface area contributed by atoms with Crippen molar-refractivity contribution in [1.82, 2.24) is 15.3 Å². The number of carbonyl (C=O) groups excluding carboxylic acids is 1. The number of amides is 1. The highest BCUT2D eigenvalue weighted by Gasteiger charge is 2.07. The fraction of sp³-hybridized carbons (Fsp3) is 0.400. The van der Waals surface area contributed by atoms with E-state index in [9.17, 15) is 4.79 Å². The molecule has 0 atom stereocenters. The molecule has 2 aromatic heterocycles. The van der Waals surface area contributed by atoms with Crippen LogP contribution in [-0.4, -0.2) is 22.4 Å². The monoisotopic (exact) mass is 305 g/mol. The summed E-state index contributed by atoms with van der Waals surface area (Å²) in [5, 5.41) is 5.60. The number of nitrogens with zero attached hydrogens (tertiary/aromatic N) is 2. The molecule has 2 aromatic rings. The van der Waals surface area contributed by atoms with Crippen molar-refractivity contribution in [3.8, 4) is 5.75 Å². The lowest BCUT2D eigenvalue weighted by molar-refractivity contribution is -0.120. The van der Waals surface area contributed by atoms with Crippen LogP contribution >= 0.6 is 11.3 Å². The van der Waals surface area contributed by atoms with Gasteiger partial charge in [-0.1, -0.05) is 6.92 Å². The van der Waals surface area contributed by atoms with Crippen molar-refractivity contribution in [2.45, 2.75) is 33.3 Å². The first-order valence-corrected chi connectivity index (χ1v) is 7.80. The fourth-order valence-corrected chi connectivity index (χ4v) is 2.38. The summed E-state index contributed by atoms with van der Waals surface area (Å²) < 4.78 is 5.62. The average Bonchev–Trinajstić information content (AvgIpc) is 2.92. The van der Waals surface area contributed by atoms with Crippen LogP contribution < -0.4 is 10.1 Å². The number of aryl methyl sites for hydroxylation is 1. The summed E-state index contributed by atoms with van der Waals surface area (Å²) in [4.78, 5) is 20.2. The van der Waals surface area contributed by atoms with Gasteiger partial charge in [0, 0.05) is 17.6 Å². The Morgan fingerprint density at radius 3 is 3.00 bits per heavy atom. The van der Waals surface area contributed by atoms with Crippen LogP contribution in [-0.2, 0) is 17.8 Å². The summed E-state index contributed by atoms with van der Waals surface area (Å²) in [6.07, 6.45) is 2.96. The number of thiazole rings is 1. The van der Waals surface area contributed by atoms with Gasteiger partial charge in [-0.25, -0.2) is 4.98 Å². The van der Waals surface area contributed by atoms with E-state index in [1.165, 1.54) is 11.3 Å². The van der Waals surface area contributed by atoms with Gasteiger partial charge in [-0.15, -0.1) is 11.3 Å². The Morgan fingerprint density at radius 1 is 1.43 bits per heavy atom. The Hall–Kier alpha value is -1.95. The summed E-state index contributed by atoms with van der Waals surface area (Å²) in [7, 11) is 0. The van der Waals surface area contributed by atoms with Crippen molar-refractivity contribution >= 4 is 17.2 Å². The number of nitrogens with one attached hydrogen (secondary N) is 1. The van der Waals surface area contributed by atoms with Crippen molar-refractivity contribution in [3.05, 3.63) is 40.1 Å². The Morgan fingerprint density at radius 2 is 2.29 bits per heavy atom. The first-order chi connectivity index (χ1) is 10.2. The van der Waals surface area contributed by atoms with Crippen LogP contribution in [0, 0.1) is 6.92 Å². The van der Waals surface area contributed by atoms with Gasteiger partial charge in [0.1, 0.15) is 17.4 Å². The number of hydrogen-bond donors (Lipinski definition) is 1. The predicted octanol–water partition coefficient (Wildman–Crippen LogP) is 2.49. The summed E-state index contributed by atoms with van der Waals surface area (Å²) >= 11 is 1.50. The molecule has 0 spiro atoms. The van der Waals surface area contributed by atoms with Crippen LogP contribution in [0.25, 0.3) is 0 Å². The molecule has 1 amide bonds. The van der Waals surface area contributed by atoms with Crippen molar-refractivity contribution in [2.24, 2.45) is 0 Å². The number of aromatic nitrogens is 2. The van der Waals surface area contributed by atoms with E-state index in [4.69, 9.17) is 4.74 Å². The Kier molecular flexibility index (Phi) is 5.68. The summed E-state index contributed by atoms with van der Waals surface area (Å²) in [5.41, 5.74) is 1.74. The lowest BCUT2D eigenvalue weighted by atomic mass is 10.3. The predicted molar refractivity (Wildman–Crippen MR) is 82.4 cm³/mol. The van der Waals surface area contributed by atoms with Gasteiger partial charge >= 0.3 is 0 Å². The largest absolute Gasteiger partial charge is 0.485 e. The third-order valence-electron chi connectivity index (χ3n) is 2.76. The minimum absolute atomic E-state index is 0.0114. The smallest absolute Gasteiger partial charge is 0.226 e. The zero-order valence-corrected chi connectivity index (χ0v) is 13.1. The molecular formula is C15H19N3O2S. The van der Waals surface area contributed by atoms with E-state index < -0.39 is 0 Å². The van der Waals surface area contributed by atoms with Crippen LogP contribution in [0.2, 0.25) is 0 Å². The lowest BCUT2D eigenvalue weighted by Crippen LogP contribution is -2.25. The van der Waals surface area contributed by atoms with E-state index in [2.05, 4.69) is 15.3 Å². The van der Waals surface area contributed by atoms with Crippen LogP contribution in [0.1, 0.15) is 29.7 Å². The third-order valence-corrected chi connectivity index (χ3v) is 3.63. The molecule has 0 bridgehead atoms. The highest BCUT2D eigenvalue weighted by atomic mass is 32.1. The van der Waals surface area contributed by atoms with Crippen LogP contribution in [0.15, 0.2) is 23.7 Å². The molecule has 0 aliphatic heterocycles. The number of carbonyl (C=O) groups is 1. The van der Waals surface area contributed by atoms with Crippen molar-refractivity contribution in [2.75, 3.05) is 6.54 Å². The van der Waals surface area contributed by atoms with E-state index in [-0.39, 0.29) is 5.91 Å². The first kappa shape index (κ1) is 15.4. The average molecular weight is 305 g/mol.